The predicted molar refractivity (Wildman–Crippen MR) is 107 cm³/mol. The van der Waals surface area contributed by atoms with Crippen molar-refractivity contribution in [3.8, 4) is 5.75 Å². The molecular formula is C20H19N3O5S. The maximum Gasteiger partial charge on any atom is 0.307 e. The normalized spacial score (nSPS) is 10.5. The van der Waals surface area contributed by atoms with E-state index in [1.54, 1.807) is 24.3 Å². The van der Waals surface area contributed by atoms with E-state index >= 15 is 0 Å². The van der Waals surface area contributed by atoms with Crippen LogP contribution in [0.5, 0.6) is 5.75 Å². The SMILES string of the molecule is Cc1ccc(OCc2nnc(SCC(=O)Nc3ccc(CC(=O)O)cc3)o2)cc1. The molecule has 29 heavy (non-hydrogen) atoms. The molecule has 150 valence electrons. The minimum atomic E-state index is -0.902. The summed E-state index contributed by atoms with van der Waals surface area (Å²) in [5.74, 6) is -0.0191. The summed E-state index contributed by atoms with van der Waals surface area (Å²) in [6.45, 7) is 2.14. The quantitative estimate of drug-likeness (QED) is 0.514. The number of aryl methyl sites for hydroxylation is 1. The van der Waals surface area contributed by atoms with Crippen molar-refractivity contribution in [2.75, 3.05) is 11.1 Å². The fraction of sp³-hybridized carbons (Fsp3) is 0.200. The zero-order valence-electron chi connectivity index (χ0n) is 15.6. The molecule has 0 spiro atoms. The van der Waals surface area contributed by atoms with Gasteiger partial charge in [-0.05, 0) is 36.8 Å². The molecule has 0 radical (unpaired) electrons. The van der Waals surface area contributed by atoms with E-state index in [4.69, 9.17) is 14.3 Å². The zero-order valence-corrected chi connectivity index (χ0v) is 16.4. The molecule has 3 rings (SSSR count). The number of benzene rings is 2. The van der Waals surface area contributed by atoms with E-state index in [0.717, 1.165) is 17.3 Å². The summed E-state index contributed by atoms with van der Waals surface area (Å²) in [6, 6.07) is 14.3. The highest BCUT2D eigenvalue weighted by Gasteiger charge is 2.11. The summed E-state index contributed by atoms with van der Waals surface area (Å²) in [6.07, 6.45) is -0.0583. The smallest absolute Gasteiger partial charge is 0.307 e. The van der Waals surface area contributed by atoms with Gasteiger partial charge in [-0.2, -0.15) is 0 Å². The lowest BCUT2D eigenvalue weighted by Gasteiger charge is -2.05. The third-order valence-electron chi connectivity index (χ3n) is 3.75. The van der Waals surface area contributed by atoms with Crippen LogP contribution < -0.4 is 10.1 Å². The summed E-state index contributed by atoms with van der Waals surface area (Å²) in [4.78, 5) is 22.7. The molecule has 8 nitrogen and oxygen atoms in total. The van der Waals surface area contributed by atoms with Crippen LogP contribution in [0.2, 0.25) is 0 Å². The van der Waals surface area contributed by atoms with Crippen molar-refractivity contribution in [2.45, 2.75) is 25.2 Å². The minimum Gasteiger partial charge on any atom is -0.484 e. The molecular weight excluding hydrogens is 394 g/mol. The van der Waals surface area contributed by atoms with E-state index in [9.17, 15) is 9.59 Å². The third-order valence-corrected chi connectivity index (χ3v) is 4.57. The zero-order chi connectivity index (χ0) is 20.6. The van der Waals surface area contributed by atoms with Crippen molar-refractivity contribution >= 4 is 29.3 Å². The molecule has 0 bridgehead atoms. The van der Waals surface area contributed by atoms with Crippen molar-refractivity contribution in [1.29, 1.82) is 0 Å². The molecule has 0 fully saturated rings. The van der Waals surface area contributed by atoms with E-state index in [-0.39, 0.29) is 29.9 Å². The molecule has 0 saturated heterocycles. The minimum absolute atomic E-state index is 0.0583. The highest BCUT2D eigenvalue weighted by atomic mass is 32.2. The number of nitrogens with one attached hydrogen (secondary N) is 1. The second kappa shape index (κ2) is 9.74. The van der Waals surface area contributed by atoms with Gasteiger partial charge in [0.05, 0.1) is 12.2 Å². The number of amides is 1. The molecule has 0 aliphatic heterocycles. The lowest BCUT2D eigenvalue weighted by Crippen LogP contribution is -2.14. The van der Waals surface area contributed by atoms with Crippen LogP contribution in [0.4, 0.5) is 5.69 Å². The van der Waals surface area contributed by atoms with E-state index in [1.807, 2.05) is 31.2 Å². The van der Waals surface area contributed by atoms with Crippen molar-refractivity contribution in [3.05, 3.63) is 65.5 Å². The lowest BCUT2D eigenvalue weighted by molar-refractivity contribution is -0.136. The molecule has 2 aromatic carbocycles. The van der Waals surface area contributed by atoms with Gasteiger partial charge in [-0.3, -0.25) is 9.59 Å². The van der Waals surface area contributed by atoms with Crippen molar-refractivity contribution < 1.29 is 23.8 Å². The van der Waals surface area contributed by atoms with Crippen LogP contribution in [0.25, 0.3) is 0 Å². The molecule has 0 aliphatic rings. The van der Waals surface area contributed by atoms with Gasteiger partial charge in [0.1, 0.15) is 5.75 Å². The first-order chi connectivity index (χ1) is 14.0. The van der Waals surface area contributed by atoms with Crippen LogP contribution >= 0.6 is 11.8 Å². The number of carbonyl (C=O) groups excluding carboxylic acids is 1. The topological polar surface area (TPSA) is 115 Å². The Morgan fingerprint density at radius 1 is 1.10 bits per heavy atom. The van der Waals surface area contributed by atoms with Crippen LogP contribution in [-0.2, 0) is 22.6 Å². The Hall–Kier alpha value is -3.33. The van der Waals surface area contributed by atoms with Crippen molar-refractivity contribution in [3.63, 3.8) is 0 Å². The molecule has 0 aliphatic carbocycles. The van der Waals surface area contributed by atoms with E-state index in [2.05, 4.69) is 15.5 Å². The highest BCUT2D eigenvalue weighted by molar-refractivity contribution is 7.99. The predicted octanol–water partition coefficient (Wildman–Crippen LogP) is 3.31. The van der Waals surface area contributed by atoms with E-state index < -0.39 is 5.97 Å². The number of hydrogen-bond donors (Lipinski definition) is 2. The fourth-order valence-corrected chi connectivity index (χ4v) is 2.92. The molecule has 1 amide bonds. The number of carboxylic acid groups (broad SMARTS) is 1. The Morgan fingerprint density at radius 2 is 1.83 bits per heavy atom. The van der Waals surface area contributed by atoms with Crippen LogP contribution in [0, 0.1) is 6.92 Å². The number of aromatic nitrogens is 2. The summed E-state index contributed by atoms with van der Waals surface area (Å²) >= 11 is 1.12. The first kappa shape index (κ1) is 20.4. The monoisotopic (exact) mass is 413 g/mol. The summed E-state index contributed by atoms with van der Waals surface area (Å²) in [7, 11) is 0. The Kier molecular flexibility index (Phi) is 6.85. The largest absolute Gasteiger partial charge is 0.484 e. The maximum absolute atomic E-state index is 12.1. The Labute approximate surface area is 171 Å². The van der Waals surface area contributed by atoms with Gasteiger partial charge < -0.3 is 19.6 Å². The fourth-order valence-electron chi connectivity index (χ4n) is 2.34. The molecule has 1 aromatic heterocycles. The van der Waals surface area contributed by atoms with Gasteiger partial charge in [0.25, 0.3) is 11.1 Å². The highest BCUT2D eigenvalue weighted by Crippen LogP contribution is 2.19. The molecule has 2 N–H and O–H groups in total. The molecule has 0 saturated carbocycles. The number of hydrogen-bond acceptors (Lipinski definition) is 7. The Balaban J connectivity index is 1.43. The number of anilines is 1. The van der Waals surface area contributed by atoms with Gasteiger partial charge in [-0.25, -0.2) is 0 Å². The first-order valence-corrected chi connectivity index (χ1v) is 9.72. The van der Waals surface area contributed by atoms with E-state index in [1.165, 1.54) is 0 Å². The van der Waals surface area contributed by atoms with Crippen LogP contribution in [0.15, 0.2) is 58.2 Å². The molecule has 9 heteroatoms. The van der Waals surface area contributed by atoms with Crippen LogP contribution in [-0.4, -0.2) is 32.9 Å². The molecule has 1 heterocycles. The Morgan fingerprint density at radius 3 is 2.52 bits per heavy atom. The third kappa shape index (κ3) is 6.65. The number of ether oxygens (including phenoxy) is 1. The Bertz CT molecular complexity index is 971. The average Bonchev–Trinajstić information content (AvgIpc) is 3.15. The number of carbonyl (C=O) groups is 2. The van der Waals surface area contributed by atoms with Crippen LogP contribution in [0.3, 0.4) is 0 Å². The van der Waals surface area contributed by atoms with E-state index in [0.29, 0.717) is 22.9 Å². The van der Waals surface area contributed by atoms with Gasteiger partial charge >= 0.3 is 5.97 Å². The summed E-state index contributed by atoms with van der Waals surface area (Å²) < 4.78 is 11.0. The van der Waals surface area contributed by atoms with Gasteiger partial charge in [0.15, 0.2) is 6.61 Å². The maximum atomic E-state index is 12.1. The standard InChI is InChI=1S/C20H19N3O5S/c1-13-2-8-16(9-3-13)27-11-18-22-23-20(28-18)29-12-17(24)21-15-6-4-14(5-7-15)10-19(25)26/h2-9H,10-12H2,1H3,(H,21,24)(H,25,26). The summed E-state index contributed by atoms with van der Waals surface area (Å²) in [5.41, 5.74) is 2.39. The van der Waals surface area contributed by atoms with Crippen molar-refractivity contribution in [2.24, 2.45) is 0 Å². The van der Waals surface area contributed by atoms with Gasteiger partial charge in [-0.1, -0.05) is 41.6 Å². The first-order valence-electron chi connectivity index (χ1n) is 8.73. The number of rotatable bonds is 9. The number of aliphatic carboxylic acids is 1. The summed E-state index contributed by atoms with van der Waals surface area (Å²) in [5, 5.41) is 19.6. The molecule has 0 atom stereocenters. The second-order valence-corrected chi connectivity index (χ2v) is 7.09. The van der Waals surface area contributed by atoms with Gasteiger partial charge in [0, 0.05) is 5.69 Å². The van der Waals surface area contributed by atoms with Gasteiger partial charge in [0.2, 0.25) is 5.91 Å². The molecule has 3 aromatic rings. The lowest BCUT2D eigenvalue weighted by atomic mass is 10.1. The number of nitrogens with zero attached hydrogens (tertiary/aromatic N) is 2. The van der Waals surface area contributed by atoms with Crippen molar-refractivity contribution in [1.82, 2.24) is 10.2 Å². The average molecular weight is 413 g/mol. The number of thioether (sulfide) groups is 1. The van der Waals surface area contributed by atoms with Gasteiger partial charge in [-0.15, -0.1) is 10.2 Å². The number of carboxylic acids is 1. The second-order valence-electron chi connectivity index (χ2n) is 6.17. The molecule has 0 unspecified atom stereocenters. The van der Waals surface area contributed by atoms with Crippen LogP contribution in [0.1, 0.15) is 17.0 Å².